The van der Waals surface area contributed by atoms with E-state index in [1.165, 1.54) is 12.3 Å². The maximum absolute atomic E-state index is 12.2. The van der Waals surface area contributed by atoms with E-state index >= 15 is 0 Å². The average molecular weight is 380 g/mol. The number of amidine groups is 1. The number of aliphatic imine (C=N–C) groups is 1. The smallest absolute Gasteiger partial charge is 0.338 e. The van der Waals surface area contributed by atoms with E-state index in [1.54, 1.807) is 6.92 Å². The van der Waals surface area contributed by atoms with E-state index in [0.29, 0.717) is 9.86 Å². The minimum Gasteiger partial charge on any atom is -0.478 e. The average Bonchev–Trinajstić information content (AvgIpc) is 3.00. The van der Waals surface area contributed by atoms with Crippen LogP contribution in [0.1, 0.15) is 36.8 Å². The van der Waals surface area contributed by atoms with E-state index in [9.17, 15) is 14.7 Å². The lowest BCUT2D eigenvalue weighted by atomic mass is 9.89. The fourth-order valence-electron chi connectivity index (χ4n) is 2.32. The number of carbonyl (C=O) groups is 2. The summed E-state index contributed by atoms with van der Waals surface area (Å²) in [5.74, 6) is -1.33. The third kappa shape index (κ3) is 2.33. The summed E-state index contributed by atoms with van der Waals surface area (Å²) in [6, 6.07) is 1.45. The van der Waals surface area contributed by atoms with Crippen molar-refractivity contribution in [2.75, 3.05) is 0 Å². The van der Waals surface area contributed by atoms with Crippen molar-refractivity contribution in [1.82, 2.24) is 10.3 Å². The van der Waals surface area contributed by atoms with Gasteiger partial charge in [-0.3, -0.25) is 4.79 Å². The zero-order chi connectivity index (χ0) is 16.9. The fraction of sp³-hybridized carbons (Fsp3) is 0.333. The fourth-order valence-corrected chi connectivity index (χ4v) is 2.70. The molecule has 2 N–H and O–H groups in total. The Morgan fingerprint density at radius 1 is 1.48 bits per heavy atom. The molecule has 120 valence electrons. The SMILES string of the molecule is CC(C)C1(C)N=C(c2nc3occ(Br)c3cc2C(=O)O)NC1=O. The Hall–Kier alpha value is -2.22. The number of hydrogen-bond acceptors (Lipinski definition) is 5. The van der Waals surface area contributed by atoms with Crippen LogP contribution in [0.2, 0.25) is 0 Å². The second-order valence-corrected chi connectivity index (χ2v) is 6.70. The Morgan fingerprint density at radius 3 is 2.74 bits per heavy atom. The van der Waals surface area contributed by atoms with Crippen LogP contribution in [0.4, 0.5) is 0 Å². The van der Waals surface area contributed by atoms with Crippen molar-refractivity contribution >= 4 is 44.7 Å². The molecule has 1 amide bonds. The van der Waals surface area contributed by atoms with Crippen LogP contribution < -0.4 is 5.32 Å². The van der Waals surface area contributed by atoms with Crippen LogP contribution in [0.5, 0.6) is 0 Å². The molecule has 0 aromatic carbocycles. The van der Waals surface area contributed by atoms with E-state index in [0.717, 1.165) is 0 Å². The molecule has 23 heavy (non-hydrogen) atoms. The summed E-state index contributed by atoms with van der Waals surface area (Å²) in [6.45, 7) is 5.47. The highest BCUT2D eigenvalue weighted by Crippen LogP contribution is 2.30. The molecule has 2 aromatic rings. The summed E-state index contributed by atoms with van der Waals surface area (Å²) in [7, 11) is 0. The highest BCUT2D eigenvalue weighted by atomic mass is 79.9. The van der Waals surface area contributed by atoms with Crippen LogP contribution in [-0.2, 0) is 4.79 Å². The molecule has 1 unspecified atom stereocenters. The van der Waals surface area contributed by atoms with Crippen LogP contribution in [-0.4, -0.2) is 33.3 Å². The predicted octanol–water partition coefficient (Wildman–Crippen LogP) is 2.58. The number of carboxylic acids is 1. The molecule has 0 saturated carbocycles. The van der Waals surface area contributed by atoms with Gasteiger partial charge < -0.3 is 14.8 Å². The van der Waals surface area contributed by atoms with Crippen molar-refractivity contribution in [2.24, 2.45) is 10.9 Å². The molecule has 1 atom stereocenters. The Balaban J connectivity index is 2.22. The largest absolute Gasteiger partial charge is 0.478 e. The van der Waals surface area contributed by atoms with Crippen LogP contribution in [0.3, 0.4) is 0 Å². The van der Waals surface area contributed by atoms with Crippen LogP contribution >= 0.6 is 15.9 Å². The maximum atomic E-state index is 12.2. The second kappa shape index (κ2) is 5.16. The number of furan rings is 1. The number of pyridine rings is 1. The molecule has 7 nitrogen and oxygen atoms in total. The highest BCUT2D eigenvalue weighted by molar-refractivity contribution is 9.10. The van der Waals surface area contributed by atoms with Crippen LogP contribution in [0, 0.1) is 5.92 Å². The topological polar surface area (TPSA) is 105 Å². The standard InChI is InChI=1S/C15H14BrN3O4/c1-6(2)15(3)14(22)18-11(19-15)10-8(13(20)21)4-7-9(16)5-23-12(7)17-10/h4-6H,1-3H3,(H,20,21)(H,18,19,22). The number of hydrogen-bond donors (Lipinski definition) is 2. The number of carboxylic acid groups (broad SMARTS) is 1. The summed E-state index contributed by atoms with van der Waals surface area (Å²) in [5.41, 5.74) is -0.644. The van der Waals surface area contributed by atoms with Gasteiger partial charge >= 0.3 is 5.97 Å². The molecule has 1 aliphatic heterocycles. The van der Waals surface area contributed by atoms with Crippen molar-refractivity contribution in [3.05, 3.63) is 28.1 Å². The Kier molecular flexibility index (Phi) is 3.51. The van der Waals surface area contributed by atoms with Crippen molar-refractivity contribution < 1.29 is 19.1 Å². The third-order valence-electron chi connectivity index (χ3n) is 4.13. The lowest BCUT2D eigenvalue weighted by Gasteiger charge is -2.21. The van der Waals surface area contributed by atoms with E-state index < -0.39 is 11.5 Å². The first-order valence-electron chi connectivity index (χ1n) is 6.96. The van der Waals surface area contributed by atoms with E-state index in [2.05, 4.69) is 31.2 Å². The lowest BCUT2D eigenvalue weighted by molar-refractivity contribution is -0.124. The molecule has 0 spiro atoms. The predicted molar refractivity (Wildman–Crippen MR) is 86.6 cm³/mol. The number of aromatic carboxylic acids is 1. The summed E-state index contributed by atoms with van der Waals surface area (Å²) >= 11 is 3.28. The number of amides is 1. The Labute approximate surface area is 139 Å². The summed E-state index contributed by atoms with van der Waals surface area (Å²) in [6.07, 6.45) is 1.43. The number of halogens is 1. The van der Waals surface area contributed by atoms with Gasteiger partial charge in [0.2, 0.25) is 5.71 Å². The molecule has 1 aliphatic rings. The van der Waals surface area contributed by atoms with Gasteiger partial charge in [0.1, 0.15) is 17.5 Å². The molecule has 0 radical (unpaired) electrons. The third-order valence-corrected chi connectivity index (χ3v) is 4.75. The van der Waals surface area contributed by atoms with Crippen LogP contribution in [0.15, 0.2) is 26.2 Å². The molecule has 0 aliphatic carbocycles. The number of fused-ring (bicyclic) bond motifs is 1. The normalized spacial score (nSPS) is 20.9. The minimum absolute atomic E-state index is 0.0465. The molecule has 2 aromatic heterocycles. The highest BCUT2D eigenvalue weighted by Gasteiger charge is 2.43. The number of rotatable bonds is 3. The second-order valence-electron chi connectivity index (χ2n) is 5.84. The lowest BCUT2D eigenvalue weighted by Crippen LogP contribution is -2.41. The minimum atomic E-state index is -1.16. The van der Waals surface area contributed by atoms with Crippen molar-refractivity contribution in [3.8, 4) is 0 Å². The zero-order valence-electron chi connectivity index (χ0n) is 12.7. The van der Waals surface area contributed by atoms with Gasteiger partial charge in [0.05, 0.1) is 15.4 Å². The summed E-state index contributed by atoms with van der Waals surface area (Å²) in [5, 5.41) is 12.7. The van der Waals surface area contributed by atoms with Gasteiger partial charge in [-0.25, -0.2) is 14.8 Å². The molecular formula is C15H14BrN3O4. The number of carbonyl (C=O) groups excluding carboxylic acids is 1. The summed E-state index contributed by atoms with van der Waals surface area (Å²) in [4.78, 5) is 32.5. The first-order chi connectivity index (χ1) is 10.7. The van der Waals surface area contributed by atoms with Gasteiger partial charge in [0.15, 0.2) is 5.84 Å². The molecular weight excluding hydrogens is 366 g/mol. The van der Waals surface area contributed by atoms with Gasteiger partial charge in [-0.15, -0.1) is 0 Å². The van der Waals surface area contributed by atoms with Gasteiger partial charge in [0.25, 0.3) is 5.91 Å². The molecule has 0 bridgehead atoms. The monoisotopic (exact) mass is 379 g/mol. The molecule has 0 fully saturated rings. The molecule has 3 rings (SSSR count). The van der Waals surface area contributed by atoms with Crippen molar-refractivity contribution in [2.45, 2.75) is 26.3 Å². The maximum Gasteiger partial charge on any atom is 0.338 e. The quantitative estimate of drug-likeness (QED) is 0.852. The Morgan fingerprint density at radius 2 is 2.17 bits per heavy atom. The van der Waals surface area contributed by atoms with Gasteiger partial charge in [-0.1, -0.05) is 13.8 Å². The van der Waals surface area contributed by atoms with Gasteiger partial charge in [0, 0.05) is 0 Å². The first kappa shape index (κ1) is 15.7. The summed E-state index contributed by atoms with van der Waals surface area (Å²) < 4.78 is 5.90. The molecule has 3 heterocycles. The zero-order valence-corrected chi connectivity index (χ0v) is 14.3. The Bertz CT molecular complexity index is 871. The van der Waals surface area contributed by atoms with Crippen molar-refractivity contribution in [1.29, 1.82) is 0 Å². The first-order valence-corrected chi connectivity index (χ1v) is 7.76. The van der Waals surface area contributed by atoms with Crippen molar-refractivity contribution in [3.63, 3.8) is 0 Å². The van der Waals surface area contributed by atoms with E-state index in [1.807, 2.05) is 13.8 Å². The van der Waals surface area contributed by atoms with E-state index in [-0.39, 0.29) is 34.6 Å². The molecule has 0 saturated heterocycles. The van der Waals surface area contributed by atoms with E-state index in [4.69, 9.17) is 4.42 Å². The van der Waals surface area contributed by atoms with Gasteiger partial charge in [-0.2, -0.15) is 0 Å². The van der Waals surface area contributed by atoms with Crippen LogP contribution in [0.25, 0.3) is 11.1 Å². The molecule has 8 heteroatoms. The number of nitrogens with one attached hydrogen (secondary N) is 1. The number of nitrogens with zero attached hydrogens (tertiary/aromatic N) is 2. The number of aromatic nitrogens is 1. The van der Waals surface area contributed by atoms with Gasteiger partial charge in [-0.05, 0) is 34.8 Å².